The van der Waals surface area contributed by atoms with Crippen molar-refractivity contribution in [1.82, 2.24) is 0 Å². The Labute approximate surface area is 92.2 Å². The molecule has 0 aromatic heterocycles. The number of hydrogen-bond donors (Lipinski definition) is 1. The molecular weight excluding hydrogens is 210 g/mol. The second-order valence-corrected chi connectivity index (χ2v) is 3.63. The highest BCUT2D eigenvalue weighted by atomic mass is 16.5. The molecule has 0 saturated carbocycles. The van der Waals surface area contributed by atoms with Gasteiger partial charge in [0.25, 0.3) is 5.91 Å². The molecule has 5 nitrogen and oxygen atoms in total. The summed E-state index contributed by atoms with van der Waals surface area (Å²) in [6, 6.07) is 5.30. The van der Waals surface area contributed by atoms with E-state index in [-0.39, 0.29) is 19.1 Å². The first-order valence-electron chi connectivity index (χ1n) is 4.83. The molecule has 0 aliphatic carbocycles. The van der Waals surface area contributed by atoms with Gasteiger partial charge in [-0.25, -0.2) is 0 Å². The van der Waals surface area contributed by atoms with Crippen LogP contribution >= 0.6 is 0 Å². The minimum Gasteiger partial charge on any atom is -0.482 e. The summed E-state index contributed by atoms with van der Waals surface area (Å²) in [6.45, 7) is 1.46. The zero-order chi connectivity index (χ0) is 11.7. The maximum Gasteiger partial charge on any atom is 0.323 e. The number of aryl methyl sites for hydroxylation is 1. The van der Waals surface area contributed by atoms with E-state index in [4.69, 9.17) is 9.84 Å². The number of fused-ring (bicyclic) bond motifs is 1. The van der Waals surface area contributed by atoms with E-state index in [1.807, 2.05) is 13.0 Å². The normalized spacial score (nSPS) is 14.3. The third-order valence-corrected chi connectivity index (χ3v) is 2.35. The fraction of sp³-hybridized carbons (Fsp3) is 0.273. The number of rotatable bonds is 2. The van der Waals surface area contributed by atoms with E-state index in [2.05, 4.69) is 0 Å². The van der Waals surface area contributed by atoms with Crippen LogP contribution in [0.2, 0.25) is 0 Å². The Balaban J connectivity index is 2.40. The molecule has 1 N–H and O–H groups in total. The minimum absolute atomic E-state index is 0.107. The van der Waals surface area contributed by atoms with Crippen molar-refractivity contribution >= 4 is 17.6 Å². The molecule has 0 unspecified atom stereocenters. The van der Waals surface area contributed by atoms with Crippen LogP contribution < -0.4 is 9.64 Å². The minimum atomic E-state index is -1.04. The molecule has 1 aromatic rings. The zero-order valence-electron chi connectivity index (χ0n) is 8.77. The summed E-state index contributed by atoms with van der Waals surface area (Å²) in [5, 5.41) is 8.73. The van der Waals surface area contributed by atoms with Crippen molar-refractivity contribution in [2.24, 2.45) is 0 Å². The summed E-state index contributed by atoms with van der Waals surface area (Å²) in [4.78, 5) is 23.4. The molecule has 84 valence electrons. The molecule has 0 bridgehead atoms. The van der Waals surface area contributed by atoms with E-state index < -0.39 is 5.97 Å². The number of hydrogen-bond acceptors (Lipinski definition) is 3. The Bertz CT molecular complexity index is 455. The van der Waals surface area contributed by atoms with Gasteiger partial charge in [0.2, 0.25) is 0 Å². The van der Waals surface area contributed by atoms with E-state index in [9.17, 15) is 9.59 Å². The van der Waals surface area contributed by atoms with Gasteiger partial charge in [0.1, 0.15) is 12.3 Å². The maximum atomic E-state index is 11.5. The predicted molar refractivity (Wildman–Crippen MR) is 56.7 cm³/mol. The number of anilines is 1. The second-order valence-electron chi connectivity index (χ2n) is 3.63. The molecule has 16 heavy (non-hydrogen) atoms. The van der Waals surface area contributed by atoms with E-state index >= 15 is 0 Å². The van der Waals surface area contributed by atoms with Crippen molar-refractivity contribution in [1.29, 1.82) is 0 Å². The molecular formula is C11H11NO4. The number of carboxylic acid groups (broad SMARTS) is 1. The molecule has 1 heterocycles. The van der Waals surface area contributed by atoms with Crippen molar-refractivity contribution in [2.45, 2.75) is 6.92 Å². The highest BCUT2D eigenvalue weighted by Gasteiger charge is 2.26. The van der Waals surface area contributed by atoms with E-state index in [0.717, 1.165) is 5.56 Å². The van der Waals surface area contributed by atoms with Gasteiger partial charge in [-0.3, -0.25) is 14.5 Å². The summed E-state index contributed by atoms with van der Waals surface area (Å²) in [5.74, 6) is -0.818. The Morgan fingerprint density at radius 3 is 3.00 bits per heavy atom. The Morgan fingerprint density at radius 1 is 1.56 bits per heavy atom. The number of carbonyl (C=O) groups excluding carboxylic acids is 1. The highest BCUT2D eigenvalue weighted by Crippen LogP contribution is 2.32. The molecule has 0 atom stereocenters. The van der Waals surface area contributed by atoms with Crippen molar-refractivity contribution in [2.75, 3.05) is 18.1 Å². The smallest absolute Gasteiger partial charge is 0.323 e. The van der Waals surface area contributed by atoms with Gasteiger partial charge in [-0.2, -0.15) is 0 Å². The number of amides is 1. The van der Waals surface area contributed by atoms with Gasteiger partial charge in [-0.05, 0) is 24.6 Å². The summed E-state index contributed by atoms with van der Waals surface area (Å²) in [6.07, 6.45) is 0. The summed E-state index contributed by atoms with van der Waals surface area (Å²) in [7, 11) is 0. The van der Waals surface area contributed by atoms with Gasteiger partial charge in [0.15, 0.2) is 6.61 Å². The van der Waals surface area contributed by atoms with Gasteiger partial charge in [0.05, 0.1) is 5.69 Å². The summed E-state index contributed by atoms with van der Waals surface area (Å²) < 4.78 is 5.24. The van der Waals surface area contributed by atoms with Crippen molar-refractivity contribution in [3.05, 3.63) is 23.8 Å². The van der Waals surface area contributed by atoms with Gasteiger partial charge in [0, 0.05) is 0 Å². The van der Waals surface area contributed by atoms with Crippen molar-refractivity contribution in [3.8, 4) is 5.75 Å². The topological polar surface area (TPSA) is 66.8 Å². The second kappa shape index (κ2) is 3.84. The zero-order valence-corrected chi connectivity index (χ0v) is 8.77. The molecule has 2 rings (SSSR count). The predicted octanol–water partition coefficient (Wildman–Crippen LogP) is 0.805. The van der Waals surface area contributed by atoms with Gasteiger partial charge in [-0.1, -0.05) is 6.07 Å². The van der Waals surface area contributed by atoms with Crippen LogP contribution in [-0.2, 0) is 9.59 Å². The first kappa shape index (κ1) is 10.5. The number of carboxylic acids is 1. The number of carbonyl (C=O) groups is 2. The van der Waals surface area contributed by atoms with Crippen LogP contribution in [0.25, 0.3) is 0 Å². The first-order chi connectivity index (χ1) is 7.58. The van der Waals surface area contributed by atoms with Gasteiger partial charge < -0.3 is 9.84 Å². The number of nitrogens with zero attached hydrogens (tertiary/aromatic N) is 1. The molecule has 1 amide bonds. The van der Waals surface area contributed by atoms with Gasteiger partial charge in [-0.15, -0.1) is 0 Å². The van der Waals surface area contributed by atoms with Crippen molar-refractivity contribution in [3.63, 3.8) is 0 Å². The van der Waals surface area contributed by atoms with E-state index in [1.165, 1.54) is 4.90 Å². The largest absolute Gasteiger partial charge is 0.482 e. The lowest BCUT2D eigenvalue weighted by molar-refractivity contribution is -0.137. The lowest BCUT2D eigenvalue weighted by atomic mass is 10.1. The lowest BCUT2D eigenvalue weighted by Gasteiger charge is -2.28. The first-order valence-corrected chi connectivity index (χ1v) is 4.83. The van der Waals surface area contributed by atoms with Crippen LogP contribution in [0.15, 0.2) is 18.2 Å². The molecule has 0 spiro atoms. The SMILES string of the molecule is Cc1ccc2c(c1)OCC(=O)N2CC(=O)O. The molecule has 1 aromatic carbocycles. The number of ether oxygens (including phenoxy) is 1. The Kier molecular flexibility index (Phi) is 2.52. The van der Waals surface area contributed by atoms with Gasteiger partial charge >= 0.3 is 5.97 Å². The molecule has 0 radical (unpaired) electrons. The monoisotopic (exact) mass is 221 g/mol. The standard InChI is InChI=1S/C11H11NO4/c1-7-2-3-8-9(4-7)16-6-10(13)12(8)5-11(14)15/h2-4H,5-6H2,1H3,(H,14,15). The molecule has 0 fully saturated rings. The molecule has 1 aliphatic heterocycles. The molecule has 1 aliphatic rings. The summed E-state index contributed by atoms with van der Waals surface area (Å²) in [5.41, 5.74) is 1.52. The molecule has 0 saturated heterocycles. The quantitative estimate of drug-likeness (QED) is 0.802. The maximum absolute atomic E-state index is 11.5. The van der Waals surface area contributed by atoms with Crippen LogP contribution in [0.5, 0.6) is 5.75 Å². The highest BCUT2D eigenvalue weighted by molar-refractivity contribution is 6.01. The fourth-order valence-electron chi connectivity index (χ4n) is 1.62. The third-order valence-electron chi connectivity index (χ3n) is 2.35. The van der Waals surface area contributed by atoms with Crippen LogP contribution in [0.4, 0.5) is 5.69 Å². The Morgan fingerprint density at radius 2 is 2.31 bits per heavy atom. The summed E-state index contributed by atoms with van der Waals surface area (Å²) >= 11 is 0. The van der Waals surface area contributed by atoms with Crippen molar-refractivity contribution < 1.29 is 19.4 Å². The molecule has 5 heteroatoms. The van der Waals surface area contributed by atoms with Crippen LogP contribution in [0, 0.1) is 6.92 Å². The van der Waals surface area contributed by atoms with Crippen LogP contribution in [0.3, 0.4) is 0 Å². The number of aliphatic carboxylic acids is 1. The third kappa shape index (κ3) is 1.84. The Hall–Kier alpha value is -2.04. The van der Waals surface area contributed by atoms with E-state index in [1.54, 1.807) is 12.1 Å². The van der Waals surface area contributed by atoms with E-state index in [0.29, 0.717) is 11.4 Å². The average Bonchev–Trinajstić information content (AvgIpc) is 2.22. The number of benzene rings is 1. The lowest BCUT2D eigenvalue weighted by Crippen LogP contribution is -2.41. The average molecular weight is 221 g/mol. The van der Waals surface area contributed by atoms with Crippen LogP contribution in [0.1, 0.15) is 5.56 Å². The van der Waals surface area contributed by atoms with Crippen LogP contribution in [-0.4, -0.2) is 30.1 Å². The fourth-order valence-corrected chi connectivity index (χ4v) is 1.62.